The van der Waals surface area contributed by atoms with Crippen molar-refractivity contribution in [2.45, 2.75) is 64.6 Å². The van der Waals surface area contributed by atoms with Crippen LogP contribution in [0.4, 0.5) is 0 Å². The third-order valence-electron chi connectivity index (χ3n) is 4.58. The number of nitrogens with zero attached hydrogens (tertiary/aromatic N) is 4. The molecule has 0 amide bonds. The number of nitrogens with one attached hydrogen (secondary N) is 2. The maximum Gasteiger partial charge on any atom is 0.191 e. The summed E-state index contributed by atoms with van der Waals surface area (Å²) >= 11 is 0. The number of hydrogen-bond donors (Lipinski definition) is 2. The van der Waals surface area contributed by atoms with Crippen molar-refractivity contribution in [3.8, 4) is 0 Å². The minimum atomic E-state index is 0. The van der Waals surface area contributed by atoms with Gasteiger partial charge in [-0.15, -0.1) is 34.2 Å². The van der Waals surface area contributed by atoms with Gasteiger partial charge in [0.15, 0.2) is 5.96 Å². The Kier molecular flexibility index (Phi) is 8.93. The Bertz CT molecular complexity index is 648. The Hall–Kier alpha value is -1.58. The van der Waals surface area contributed by atoms with E-state index in [9.17, 15) is 0 Å². The molecule has 0 spiro atoms. The van der Waals surface area contributed by atoms with Gasteiger partial charge in [-0.25, -0.2) is 4.99 Å². The van der Waals surface area contributed by atoms with Crippen molar-refractivity contribution in [2.24, 2.45) is 4.99 Å². The summed E-state index contributed by atoms with van der Waals surface area (Å²) in [4.78, 5) is 4.68. The number of halogens is 1. The van der Waals surface area contributed by atoms with Crippen LogP contribution in [0.5, 0.6) is 0 Å². The second-order valence-corrected chi connectivity index (χ2v) is 6.44. The van der Waals surface area contributed by atoms with Gasteiger partial charge in [0.05, 0.1) is 6.26 Å². The minimum absolute atomic E-state index is 0. The molecule has 0 saturated heterocycles. The molecule has 0 unspecified atom stereocenters. The number of aryl methyl sites for hydroxylation is 1. The van der Waals surface area contributed by atoms with Gasteiger partial charge in [0, 0.05) is 25.6 Å². The van der Waals surface area contributed by atoms with Gasteiger partial charge in [-0.05, 0) is 25.0 Å². The van der Waals surface area contributed by atoms with Gasteiger partial charge in [0.2, 0.25) is 0 Å². The maximum absolute atomic E-state index is 5.38. The van der Waals surface area contributed by atoms with Crippen LogP contribution in [0.1, 0.15) is 50.6 Å². The van der Waals surface area contributed by atoms with Crippen LogP contribution < -0.4 is 10.6 Å². The summed E-state index contributed by atoms with van der Waals surface area (Å²) in [5.74, 6) is 2.74. The zero-order chi connectivity index (χ0) is 17.3. The number of aromatic nitrogens is 3. The number of aliphatic imine (C=N–C) groups is 1. The lowest BCUT2D eigenvalue weighted by Crippen LogP contribution is -2.45. The molecule has 1 fully saturated rings. The summed E-state index contributed by atoms with van der Waals surface area (Å²) in [6.07, 6.45) is 10.7. The average Bonchev–Trinajstić information content (AvgIpc) is 3.32. The van der Waals surface area contributed by atoms with Crippen molar-refractivity contribution in [1.29, 1.82) is 0 Å². The van der Waals surface area contributed by atoms with Crippen molar-refractivity contribution in [3.05, 3.63) is 36.3 Å². The first-order valence-corrected chi connectivity index (χ1v) is 9.29. The second kappa shape index (κ2) is 11.2. The lowest BCUT2D eigenvalue weighted by molar-refractivity contribution is 0.409. The van der Waals surface area contributed by atoms with Crippen LogP contribution in [-0.2, 0) is 19.5 Å². The standard InChI is InChI=1S/C18H28N6O.HI/c1-2-17-23-21-14-24(17)11-10-19-18(20-13-16-9-6-12-25-16)22-15-7-4-3-5-8-15;/h6,9,12,14-15H,2-5,7-8,10-11,13H2,1H3,(H2,19,20,22);1H. The molecule has 0 aromatic carbocycles. The van der Waals surface area contributed by atoms with Crippen LogP contribution in [0.2, 0.25) is 0 Å². The molecule has 2 aromatic rings. The number of furan rings is 1. The summed E-state index contributed by atoms with van der Waals surface area (Å²) in [5.41, 5.74) is 0. The van der Waals surface area contributed by atoms with Crippen molar-refractivity contribution >= 4 is 29.9 Å². The van der Waals surface area contributed by atoms with Gasteiger partial charge in [0.25, 0.3) is 0 Å². The van der Waals surface area contributed by atoms with E-state index in [4.69, 9.17) is 4.42 Å². The highest BCUT2D eigenvalue weighted by atomic mass is 127. The lowest BCUT2D eigenvalue weighted by atomic mass is 9.96. The predicted octanol–water partition coefficient (Wildman–Crippen LogP) is 3.12. The molecule has 1 aliphatic carbocycles. The quantitative estimate of drug-likeness (QED) is 0.368. The molecule has 7 nitrogen and oxygen atoms in total. The number of hydrogen-bond acceptors (Lipinski definition) is 4. The summed E-state index contributed by atoms with van der Waals surface area (Å²) in [5, 5.41) is 15.1. The number of rotatable bonds is 7. The highest BCUT2D eigenvalue weighted by Gasteiger charge is 2.14. The van der Waals surface area contributed by atoms with Gasteiger partial charge in [-0.1, -0.05) is 26.2 Å². The summed E-state index contributed by atoms with van der Waals surface area (Å²) in [6, 6.07) is 4.36. The highest BCUT2D eigenvalue weighted by molar-refractivity contribution is 14.0. The normalized spacial score (nSPS) is 15.5. The smallest absolute Gasteiger partial charge is 0.191 e. The zero-order valence-electron chi connectivity index (χ0n) is 15.4. The van der Waals surface area contributed by atoms with Gasteiger partial charge >= 0.3 is 0 Å². The van der Waals surface area contributed by atoms with Gasteiger partial charge in [-0.3, -0.25) is 0 Å². The number of guanidine groups is 1. The monoisotopic (exact) mass is 472 g/mol. The minimum Gasteiger partial charge on any atom is -0.467 e. The van der Waals surface area contributed by atoms with Crippen LogP contribution in [-0.4, -0.2) is 33.3 Å². The van der Waals surface area contributed by atoms with Gasteiger partial charge in [-0.2, -0.15) is 0 Å². The van der Waals surface area contributed by atoms with E-state index in [0.29, 0.717) is 12.6 Å². The molecular formula is C18H29IN6O. The van der Waals surface area contributed by atoms with Crippen molar-refractivity contribution in [2.75, 3.05) is 6.54 Å². The maximum atomic E-state index is 5.38. The van der Waals surface area contributed by atoms with E-state index < -0.39 is 0 Å². The summed E-state index contributed by atoms with van der Waals surface area (Å²) in [6.45, 7) is 4.24. The fourth-order valence-corrected chi connectivity index (χ4v) is 3.19. The van der Waals surface area contributed by atoms with E-state index >= 15 is 0 Å². The first kappa shape index (κ1) is 20.7. The Morgan fingerprint density at radius 2 is 2.19 bits per heavy atom. The molecule has 26 heavy (non-hydrogen) atoms. The molecule has 0 atom stereocenters. The Balaban J connectivity index is 0.00000243. The Morgan fingerprint density at radius 1 is 1.35 bits per heavy atom. The predicted molar refractivity (Wildman–Crippen MR) is 113 cm³/mol. The average molecular weight is 472 g/mol. The molecule has 1 aliphatic rings. The van der Waals surface area contributed by atoms with E-state index in [2.05, 4.69) is 37.3 Å². The molecular weight excluding hydrogens is 443 g/mol. The Labute approximate surface area is 172 Å². The van der Waals surface area contributed by atoms with E-state index in [1.165, 1.54) is 32.1 Å². The van der Waals surface area contributed by atoms with Crippen molar-refractivity contribution in [3.63, 3.8) is 0 Å². The molecule has 2 heterocycles. The first-order chi connectivity index (χ1) is 12.3. The van der Waals surface area contributed by atoms with E-state index in [1.807, 2.05) is 12.1 Å². The fraction of sp³-hybridized carbons (Fsp3) is 0.611. The largest absolute Gasteiger partial charge is 0.467 e. The van der Waals surface area contributed by atoms with Crippen LogP contribution in [0.15, 0.2) is 34.1 Å². The fourth-order valence-electron chi connectivity index (χ4n) is 3.19. The van der Waals surface area contributed by atoms with E-state index in [-0.39, 0.29) is 24.0 Å². The van der Waals surface area contributed by atoms with E-state index in [1.54, 1.807) is 12.6 Å². The Morgan fingerprint density at radius 3 is 2.92 bits per heavy atom. The van der Waals surface area contributed by atoms with Crippen LogP contribution >= 0.6 is 24.0 Å². The SMILES string of the molecule is CCc1nncn1CCNC(=NCc1ccco1)NC1CCCCC1.I. The molecule has 0 radical (unpaired) electrons. The molecule has 3 rings (SSSR count). The first-order valence-electron chi connectivity index (χ1n) is 9.29. The molecule has 0 bridgehead atoms. The topological polar surface area (TPSA) is 80.3 Å². The second-order valence-electron chi connectivity index (χ2n) is 6.44. The van der Waals surface area contributed by atoms with Crippen LogP contribution in [0.25, 0.3) is 0 Å². The summed E-state index contributed by atoms with van der Waals surface area (Å²) < 4.78 is 7.47. The molecule has 1 saturated carbocycles. The summed E-state index contributed by atoms with van der Waals surface area (Å²) in [7, 11) is 0. The third kappa shape index (κ3) is 6.30. The highest BCUT2D eigenvalue weighted by Crippen LogP contribution is 2.17. The van der Waals surface area contributed by atoms with E-state index in [0.717, 1.165) is 37.1 Å². The molecule has 2 N–H and O–H groups in total. The molecule has 8 heteroatoms. The zero-order valence-corrected chi connectivity index (χ0v) is 17.7. The van der Waals surface area contributed by atoms with Gasteiger partial charge < -0.3 is 19.6 Å². The van der Waals surface area contributed by atoms with Crippen molar-refractivity contribution < 1.29 is 4.42 Å². The molecule has 144 valence electrons. The van der Waals surface area contributed by atoms with Gasteiger partial charge in [0.1, 0.15) is 24.5 Å². The van der Waals surface area contributed by atoms with Crippen LogP contribution in [0, 0.1) is 0 Å². The third-order valence-corrected chi connectivity index (χ3v) is 4.58. The molecule has 0 aliphatic heterocycles. The molecule has 2 aromatic heterocycles. The van der Waals surface area contributed by atoms with Crippen LogP contribution in [0.3, 0.4) is 0 Å². The van der Waals surface area contributed by atoms with Crippen molar-refractivity contribution in [1.82, 2.24) is 25.4 Å². The lowest BCUT2D eigenvalue weighted by Gasteiger charge is -2.25.